The molecule has 0 bridgehead atoms. The standard InChI is InChI=1S/C15H13Cl3O3/c16-10-8-13(17)15(14(18)9-10)21-7-1-6-20-12-4-2-11(19)3-5-12/h2-5,8-9,19H,1,6-7H2. The smallest absolute Gasteiger partial charge is 0.156 e. The number of phenols is 1. The number of rotatable bonds is 6. The Bertz CT molecular complexity index is 577. The van der Waals surface area contributed by atoms with Gasteiger partial charge in [0, 0.05) is 11.4 Å². The maximum atomic E-state index is 9.15. The minimum Gasteiger partial charge on any atom is -0.508 e. The van der Waals surface area contributed by atoms with Crippen molar-refractivity contribution in [1.29, 1.82) is 0 Å². The molecule has 0 aliphatic heterocycles. The van der Waals surface area contributed by atoms with E-state index in [0.717, 1.165) is 0 Å². The lowest BCUT2D eigenvalue weighted by Gasteiger charge is -2.11. The number of hydrogen-bond donors (Lipinski definition) is 1. The van der Waals surface area contributed by atoms with Crippen molar-refractivity contribution >= 4 is 34.8 Å². The van der Waals surface area contributed by atoms with Gasteiger partial charge >= 0.3 is 0 Å². The van der Waals surface area contributed by atoms with Gasteiger partial charge < -0.3 is 14.6 Å². The average Bonchev–Trinajstić information content (AvgIpc) is 2.43. The molecule has 0 aliphatic rings. The van der Waals surface area contributed by atoms with Gasteiger partial charge in [0.2, 0.25) is 0 Å². The van der Waals surface area contributed by atoms with E-state index in [1.165, 1.54) is 0 Å². The van der Waals surface area contributed by atoms with Crippen molar-refractivity contribution in [3.05, 3.63) is 51.5 Å². The zero-order valence-electron chi connectivity index (χ0n) is 11.0. The molecular formula is C15H13Cl3O3. The maximum Gasteiger partial charge on any atom is 0.156 e. The monoisotopic (exact) mass is 346 g/mol. The van der Waals surface area contributed by atoms with Gasteiger partial charge in [-0.15, -0.1) is 0 Å². The highest BCUT2D eigenvalue weighted by Gasteiger charge is 2.08. The molecule has 0 spiro atoms. The summed E-state index contributed by atoms with van der Waals surface area (Å²) in [4.78, 5) is 0. The van der Waals surface area contributed by atoms with E-state index in [2.05, 4.69) is 0 Å². The fourth-order valence-corrected chi connectivity index (χ4v) is 2.56. The fraction of sp³-hybridized carbons (Fsp3) is 0.200. The second-order valence-electron chi connectivity index (χ2n) is 4.24. The fourth-order valence-electron chi connectivity index (χ4n) is 1.63. The van der Waals surface area contributed by atoms with Gasteiger partial charge in [-0.05, 0) is 36.4 Å². The van der Waals surface area contributed by atoms with Crippen LogP contribution in [-0.4, -0.2) is 18.3 Å². The van der Waals surface area contributed by atoms with Gasteiger partial charge in [-0.1, -0.05) is 34.8 Å². The van der Waals surface area contributed by atoms with E-state index in [0.29, 0.717) is 46.2 Å². The van der Waals surface area contributed by atoms with Crippen LogP contribution in [0.15, 0.2) is 36.4 Å². The van der Waals surface area contributed by atoms with Crippen LogP contribution < -0.4 is 9.47 Å². The minimum absolute atomic E-state index is 0.206. The highest BCUT2D eigenvalue weighted by atomic mass is 35.5. The van der Waals surface area contributed by atoms with Gasteiger partial charge in [0.15, 0.2) is 5.75 Å². The lowest BCUT2D eigenvalue weighted by Crippen LogP contribution is -2.05. The van der Waals surface area contributed by atoms with Crippen molar-refractivity contribution in [3.63, 3.8) is 0 Å². The van der Waals surface area contributed by atoms with Crippen molar-refractivity contribution in [1.82, 2.24) is 0 Å². The topological polar surface area (TPSA) is 38.7 Å². The minimum atomic E-state index is 0.206. The van der Waals surface area contributed by atoms with Crippen molar-refractivity contribution in [2.24, 2.45) is 0 Å². The van der Waals surface area contributed by atoms with Crippen LogP contribution in [0.4, 0.5) is 0 Å². The molecule has 0 unspecified atom stereocenters. The van der Waals surface area contributed by atoms with E-state index in [9.17, 15) is 0 Å². The van der Waals surface area contributed by atoms with Gasteiger partial charge in [-0.2, -0.15) is 0 Å². The van der Waals surface area contributed by atoms with Gasteiger partial charge in [0.25, 0.3) is 0 Å². The third-order valence-corrected chi connectivity index (χ3v) is 3.38. The third-order valence-electron chi connectivity index (χ3n) is 2.60. The van der Waals surface area contributed by atoms with Crippen LogP contribution in [0.2, 0.25) is 15.1 Å². The van der Waals surface area contributed by atoms with Gasteiger partial charge in [0.05, 0.1) is 23.3 Å². The lowest BCUT2D eigenvalue weighted by atomic mass is 10.3. The molecule has 0 saturated carbocycles. The molecule has 0 amide bonds. The number of phenolic OH excluding ortho intramolecular Hbond substituents is 1. The molecule has 3 nitrogen and oxygen atoms in total. The molecule has 2 aromatic rings. The summed E-state index contributed by atoms with van der Waals surface area (Å²) in [5, 5.41) is 10.4. The van der Waals surface area contributed by atoms with Crippen LogP contribution in [0.25, 0.3) is 0 Å². The van der Waals surface area contributed by atoms with Gasteiger partial charge in [-0.25, -0.2) is 0 Å². The normalized spacial score (nSPS) is 10.4. The second kappa shape index (κ2) is 7.64. The molecular weight excluding hydrogens is 335 g/mol. The van der Waals surface area contributed by atoms with E-state index in [4.69, 9.17) is 49.4 Å². The zero-order valence-corrected chi connectivity index (χ0v) is 13.3. The quantitative estimate of drug-likeness (QED) is 0.730. The molecule has 0 fully saturated rings. The van der Waals surface area contributed by atoms with E-state index in [1.54, 1.807) is 36.4 Å². The number of halogens is 3. The maximum absolute atomic E-state index is 9.15. The first kappa shape index (κ1) is 16.1. The largest absolute Gasteiger partial charge is 0.508 e. The molecule has 6 heteroatoms. The summed E-state index contributed by atoms with van der Waals surface area (Å²) in [6, 6.07) is 9.69. The molecule has 21 heavy (non-hydrogen) atoms. The SMILES string of the molecule is Oc1ccc(OCCCOc2c(Cl)cc(Cl)cc2Cl)cc1. The predicted octanol–water partition coefficient (Wildman–Crippen LogP) is 5.20. The summed E-state index contributed by atoms with van der Waals surface area (Å²) >= 11 is 17.8. The molecule has 112 valence electrons. The van der Waals surface area contributed by atoms with Crippen molar-refractivity contribution in [3.8, 4) is 17.2 Å². The van der Waals surface area contributed by atoms with Gasteiger partial charge in [-0.3, -0.25) is 0 Å². The lowest BCUT2D eigenvalue weighted by molar-refractivity contribution is 0.247. The molecule has 0 atom stereocenters. The first-order valence-electron chi connectivity index (χ1n) is 6.25. The Balaban J connectivity index is 1.76. The highest BCUT2D eigenvalue weighted by Crippen LogP contribution is 2.35. The van der Waals surface area contributed by atoms with Crippen LogP contribution in [0, 0.1) is 0 Å². The Morgan fingerprint density at radius 2 is 1.43 bits per heavy atom. The van der Waals surface area contributed by atoms with Crippen LogP contribution in [0.5, 0.6) is 17.2 Å². The van der Waals surface area contributed by atoms with E-state index in [-0.39, 0.29) is 5.75 Å². The Morgan fingerprint density at radius 3 is 2.05 bits per heavy atom. The number of ether oxygens (including phenoxy) is 2. The average molecular weight is 348 g/mol. The molecule has 0 aliphatic carbocycles. The molecule has 1 N–H and O–H groups in total. The number of aromatic hydroxyl groups is 1. The molecule has 0 heterocycles. The van der Waals surface area contributed by atoms with Crippen LogP contribution >= 0.6 is 34.8 Å². The first-order valence-corrected chi connectivity index (χ1v) is 7.39. The number of hydrogen-bond acceptors (Lipinski definition) is 3. The summed E-state index contributed by atoms with van der Waals surface area (Å²) in [5.41, 5.74) is 0. The highest BCUT2D eigenvalue weighted by molar-refractivity contribution is 6.40. The second-order valence-corrected chi connectivity index (χ2v) is 5.49. The number of benzene rings is 2. The van der Waals surface area contributed by atoms with E-state index < -0.39 is 0 Å². The Labute approximate surface area is 138 Å². The van der Waals surface area contributed by atoms with Gasteiger partial charge in [0.1, 0.15) is 11.5 Å². The van der Waals surface area contributed by atoms with E-state index in [1.807, 2.05) is 0 Å². The summed E-state index contributed by atoms with van der Waals surface area (Å²) < 4.78 is 11.0. The summed E-state index contributed by atoms with van der Waals surface area (Å²) in [7, 11) is 0. The van der Waals surface area contributed by atoms with Crippen LogP contribution in [-0.2, 0) is 0 Å². The van der Waals surface area contributed by atoms with E-state index >= 15 is 0 Å². The third kappa shape index (κ3) is 4.88. The van der Waals surface area contributed by atoms with Crippen molar-refractivity contribution < 1.29 is 14.6 Å². The summed E-state index contributed by atoms with van der Waals surface area (Å²) in [6.07, 6.45) is 0.663. The molecule has 0 aromatic heterocycles. The Hall–Kier alpha value is -1.29. The van der Waals surface area contributed by atoms with Crippen LogP contribution in [0.1, 0.15) is 6.42 Å². The van der Waals surface area contributed by atoms with Crippen LogP contribution in [0.3, 0.4) is 0 Å². The Morgan fingerprint density at radius 1 is 0.857 bits per heavy atom. The first-order chi connectivity index (χ1) is 10.1. The molecule has 0 saturated heterocycles. The Kier molecular flexibility index (Phi) is 5.85. The molecule has 2 aromatic carbocycles. The molecule has 2 rings (SSSR count). The summed E-state index contributed by atoms with van der Waals surface area (Å²) in [6.45, 7) is 0.896. The summed E-state index contributed by atoms with van der Waals surface area (Å²) in [5.74, 6) is 1.32. The predicted molar refractivity (Wildman–Crippen MR) is 85.2 cm³/mol. The molecule has 0 radical (unpaired) electrons. The zero-order chi connectivity index (χ0) is 15.2. The van der Waals surface area contributed by atoms with Crippen molar-refractivity contribution in [2.45, 2.75) is 6.42 Å². The van der Waals surface area contributed by atoms with Crippen molar-refractivity contribution in [2.75, 3.05) is 13.2 Å².